The van der Waals surface area contributed by atoms with Crippen LogP contribution in [0.25, 0.3) is 5.69 Å². The minimum absolute atomic E-state index is 0.0214. The molecule has 0 fully saturated rings. The van der Waals surface area contributed by atoms with Crippen LogP contribution in [0.15, 0.2) is 53.4 Å². The maximum atomic E-state index is 11.8. The molecule has 2 aromatic heterocycles. The number of nitrogens with zero attached hydrogens (tertiary/aromatic N) is 3. The second-order valence-electron chi connectivity index (χ2n) is 4.89. The van der Waals surface area contributed by atoms with E-state index in [1.54, 1.807) is 22.2 Å². The summed E-state index contributed by atoms with van der Waals surface area (Å²) in [6, 6.07) is 11.7. The highest BCUT2D eigenvalue weighted by molar-refractivity contribution is 7.08. The van der Waals surface area contributed by atoms with Crippen LogP contribution in [0.3, 0.4) is 0 Å². The second-order valence-corrected chi connectivity index (χ2v) is 5.67. The van der Waals surface area contributed by atoms with Crippen molar-refractivity contribution in [2.75, 3.05) is 6.61 Å². The molecule has 2 heterocycles. The van der Waals surface area contributed by atoms with Crippen molar-refractivity contribution in [1.82, 2.24) is 20.3 Å². The van der Waals surface area contributed by atoms with E-state index in [1.165, 1.54) is 0 Å². The average molecular weight is 328 g/mol. The van der Waals surface area contributed by atoms with Gasteiger partial charge in [0.2, 0.25) is 5.91 Å². The Morgan fingerprint density at radius 2 is 2.13 bits per heavy atom. The van der Waals surface area contributed by atoms with E-state index in [0.29, 0.717) is 18.8 Å². The molecule has 0 aliphatic rings. The van der Waals surface area contributed by atoms with E-state index in [0.717, 1.165) is 11.3 Å². The van der Waals surface area contributed by atoms with Gasteiger partial charge in [-0.25, -0.2) is 4.68 Å². The third-order valence-corrected chi connectivity index (χ3v) is 3.79. The number of amides is 1. The lowest BCUT2D eigenvalue weighted by Crippen LogP contribution is -2.27. The summed E-state index contributed by atoms with van der Waals surface area (Å²) in [6.45, 7) is 0.772. The largest absolute Gasteiger partial charge is 0.367 e. The Balaban J connectivity index is 1.41. The van der Waals surface area contributed by atoms with Crippen molar-refractivity contribution in [3.8, 4) is 5.69 Å². The normalized spacial score (nSPS) is 10.6. The van der Waals surface area contributed by atoms with E-state index in [1.807, 2.05) is 47.2 Å². The quantitative estimate of drug-likeness (QED) is 0.721. The first-order chi connectivity index (χ1) is 11.3. The number of aromatic nitrogens is 3. The average Bonchev–Trinajstić information content (AvgIpc) is 3.25. The van der Waals surface area contributed by atoms with Gasteiger partial charge >= 0.3 is 0 Å². The van der Waals surface area contributed by atoms with Gasteiger partial charge in [-0.05, 0) is 17.0 Å². The van der Waals surface area contributed by atoms with Crippen LogP contribution in [0, 0.1) is 0 Å². The smallest absolute Gasteiger partial charge is 0.246 e. The molecule has 0 atom stereocenters. The predicted octanol–water partition coefficient (Wildman–Crippen LogP) is 2.16. The van der Waals surface area contributed by atoms with Crippen LogP contribution in [-0.2, 0) is 22.7 Å². The number of carbonyl (C=O) groups is 1. The molecule has 23 heavy (non-hydrogen) atoms. The van der Waals surface area contributed by atoms with Gasteiger partial charge in [0.1, 0.15) is 12.3 Å². The van der Waals surface area contributed by atoms with E-state index in [-0.39, 0.29) is 12.5 Å². The van der Waals surface area contributed by atoms with Crippen LogP contribution >= 0.6 is 11.3 Å². The molecule has 0 bridgehead atoms. The van der Waals surface area contributed by atoms with Crippen molar-refractivity contribution in [3.05, 3.63) is 64.6 Å². The fourth-order valence-electron chi connectivity index (χ4n) is 1.97. The number of nitrogens with one attached hydrogen (secondary N) is 1. The molecule has 6 nitrogen and oxygen atoms in total. The number of benzene rings is 1. The van der Waals surface area contributed by atoms with Gasteiger partial charge in [0.15, 0.2) is 0 Å². The molecule has 0 unspecified atom stereocenters. The van der Waals surface area contributed by atoms with Crippen LogP contribution in [0.1, 0.15) is 11.3 Å². The third kappa shape index (κ3) is 4.48. The van der Waals surface area contributed by atoms with Crippen molar-refractivity contribution in [1.29, 1.82) is 0 Å². The summed E-state index contributed by atoms with van der Waals surface area (Å²) in [5.74, 6) is -0.175. The number of ether oxygens (including phenoxy) is 1. The molecule has 0 aliphatic carbocycles. The summed E-state index contributed by atoms with van der Waals surface area (Å²) >= 11 is 1.59. The lowest BCUT2D eigenvalue weighted by Gasteiger charge is -2.05. The van der Waals surface area contributed by atoms with Crippen LogP contribution in [0.2, 0.25) is 0 Å². The van der Waals surface area contributed by atoms with Crippen LogP contribution < -0.4 is 5.32 Å². The van der Waals surface area contributed by atoms with Gasteiger partial charge in [-0.2, -0.15) is 11.3 Å². The molecule has 3 rings (SSSR count). The minimum Gasteiger partial charge on any atom is -0.367 e. The Labute approximate surface area is 137 Å². The second kappa shape index (κ2) is 7.66. The Kier molecular flexibility index (Phi) is 5.13. The number of hydrogen-bond donors (Lipinski definition) is 1. The summed E-state index contributed by atoms with van der Waals surface area (Å²) in [4.78, 5) is 11.8. The first-order valence-corrected chi connectivity index (χ1v) is 8.08. The van der Waals surface area contributed by atoms with Crippen molar-refractivity contribution in [2.24, 2.45) is 0 Å². The maximum absolute atomic E-state index is 11.8. The molecule has 0 radical (unpaired) electrons. The fraction of sp³-hybridized carbons (Fsp3) is 0.188. The number of thiophene rings is 1. The highest BCUT2D eigenvalue weighted by Gasteiger charge is 2.06. The van der Waals surface area contributed by atoms with E-state index < -0.39 is 0 Å². The molecule has 0 saturated heterocycles. The Bertz CT molecular complexity index is 741. The van der Waals surface area contributed by atoms with Gasteiger partial charge in [0.25, 0.3) is 0 Å². The van der Waals surface area contributed by atoms with Crippen LogP contribution in [0.4, 0.5) is 0 Å². The maximum Gasteiger partial charge on any atom is 0.246 e. The molecule has 7 heteroatoms. The minimum atomic E-state index is -0.175. The SMILES string of the molecule is O=C(COCc1ccccc1)NCc1cn(-c2ccsc2)nn1. The molecule has 1 aromatic carbocycles. The zero-order valence-corrected chi connectivity index (χ0v) is 13.2. The number of carbonyl (C=O) groups excluding carboxylic acids is 1. The standard InChI is InChI=1S/C16H16N4O2S/c21-16(11-22-10-13-4-2-1-3-5-13)17-8-14-9-20(19-18-14)15-6-7-23-12-15/h1-7,9,12H,8,10-11H2,(H,17,21). The first-order valence-electron chi connectivity index (χ1n) is 7.13. The Morgan fingerprint density at radius 3 is 2.91 bits per heavy atom. The summed E-state index contributed by atoms with van der Waals surface area (Å²) in [7, 11) is 0. The lowest BCUT2D eigenvalue weighted by atomic mass is 10.2. The molecule has 1 amide bonds. The molecule has 118 valence electrons. The summed E-state index contributed by atoms with van der Waals surface area (Å²) in [5.41, 5.74) is 2.71. The first kappa shape index (κ1) is 15.4. The van der Waals surface area contributed by atoms with Gasteiger partial charge in [-0.3, -0.25) is 4.79 Å². The van der Waals surface area contributed by atoms with Crippen LogP contribution in [-0.4, -0.2) is 27.5 Å². The van der Waals surface area contributed by atoms with Crippen LogP contribution in [0.5, 0.6) is 0 Å². The van der Waals surface area contributed by atoms with E-state index in [9.17, 15) is 4.79 Å². The van der Waals surface area contributed by atoms with E-state index >= 15 is 0 Å². The van der Waals surface area contributed by atoms with Crippen molar-refractivity contribution in [3.63, 3.8) is 0 Å². The van der Waals surface area contributed by atoms with Gasteiger partial charge in [-0.1, -0.05) is 35.5 Å². The zero-order chi connectivity index (χ0) is 15.9. The van der Waals surface area contributed by atoms with E-state index in [4.69, 9.17) is 4.74 Å². The van der Waals surface area contributed by atoms with E-state index in [2.05, 4.69) is 15.6 Å². The van der Waals surface area contributed by atoms with Gasteiger partial charge < -0.3 is 10.1 Å². The predicted molar refractivity (Wildman–Crippen MR) is 87.2 cm³/mol. The van der Waals surface area contributed by atoms with Gasteiger partial charge in [0.05, 0.1) is 25.0 Å². The van der Waals surface area contributed by atoms with Crippen molar-refractivity contribution >= 4 is 17.2 Å². The third-order valence-electron chi connectivity index (χ3n) is 3.12. The van der Waals surface area contributed by atoms with Gasteiger partial charge in [0, 0.05) is 5.38 Å². The highest BCUT2D eigenvalue weighted by Crippen LogP contribution is 2.10. The number of hydrogen-bond acceptors (Lipinski definition) is 5. The molecule has 0 saturated carbocycles. The molecular formula is C16H16N4O2S. The highest BCUT2D eigenvalue weighted by atomic mass is 32.1. The van der Waals surface area contributed by atoms with Crippen molar-refractivity contribution < 1.29 is 9.53 Å². The molecule has 3 aromatic rings. The lowest BCUT2D eigenvalue weighted by molar-refractivity contribution is -0.126. The molecule has 1 N–H and O–H groups in total. The van der Waals surface area contributed by atoms with Crippen molar-refractivity contribution in [2.45, 2.75) is 13.2 Å². The Hall–Kier alpha value is -2.51. The monoisotopic (exact) mass is 328 g/mol. The summed E-state index contributed by atoms with van der Waals surface area (Å²) in [6.07, 6.45) is 1.80. The zero-order valence-electron chi connectivity index (χ0n) is 12.4. The molecular weight excluding hydrogens is 312 g/mol. The van der Waals surface area contributed by atoms with Gasteiger partial charge in [-0.15, -0.1) is 5.10 Å². The molecule has 0 aliphatic heterocycles. The molecule has 0 spiro atoms. The summed E-state index contributed by atoms with van der Waals surface area (Å²) in [5, 5.41) is 14.8. The Morgan fingerprint density at radius 1 is 1.26 bits per heavy atom. The summed E-state index contributed by atoms with van der Waals surface area (Å²) < 4.78 is 7.07. The number of rotatable bonds is 7. The fourth-order valence-corrected chi connectivity index (χ4v) is 2.59. The topological polar surface area (TPSA) is 69.0 Å².